The van der Waals surface area contributed by atoms with Crippen LogP contribution < -0.4 is 5.32 Å². The van der Waals surface area contributed by atoms with Crippen LogP contribution in [0.3, 0.4) is 0 Å². The van der Waals surface area contributed by atoms with Crippen molar-refractivity contribution in [1.29, 1.82) is 0 Å². The fourth-order valence-corrected chi connectivity index (χ4v) is 3.23. The van der Waals surface area contributed by atoms with E-state index in [1.54, 1.807) is 23.5 Å². The number of hydrogen-bond acceptors (Lipinski definition) is 6. The molecule has 0 spiro atoms. The number of sulfone groups is 1. The van der Waals surface area contributed by atoms with Gasteiger partial charge in [0.15, 0.2) is 9.84 Å². The third-order valence-electron chi connectivity index (χ3n) is 2.97. The summed E-state index contributed by atoms with van der Waals surface area (Å²) in [5.74, 6) is 0. The molecule has 0 fully saturated rings. The minimum absolute atomic E-state index is 0.254. The molecule has 0 radical (unpaired) electrons. The SMILES string of the molecule is Cc1csc(CNCC(O)c2ccc(S(C)(=O)=O)cc2)n1. The zero-order chi connectivity index (χ0) is 15.5. The largest absolute Gasteiger partial charge is 0.387 e. The fraction of sp³-hybridized carbons (Fsp3) is 0.357. The van der Waals surface area contributed by atoms with Crippen molar-refractivity contribution in [3.05, 3.63) is 45.9 Å². The molecule has 21 heavy (non-hydrogen) atoms. The Labute approximate surface area is 128 Å². The molecule has 2 rings (SSSR count). The summed E-state index contributed by atoms with van der Waals surface area (Å²) in [5, 5.41) is 16.2. The van der Waals surface area contributed by atoms with Gasteiger partial charge in [0.2, 0.25) is 0 Å². The average Bonchev–Trinajstić information content (AvgIpc) is 2.83. The maximum Gasteiger partial charge on any atom is 0.175 e. The predicted molar refractivity (Wildman–Crippen MR) is 83.1 cm³/mol. The number of nitrogens with one attached hydrogen (secondary N) is 1. The number of rotatable bonds is 6. The lowest BCUT2D eigenvalue weighted by molar-refractivity contribution is 0.174. The van der Waals surface area contributed by atoms with Gasteiger partial charge in [-0.3, -0.25) is 0 Å². The van der Waals surface area contributed by atoms with E-state index in [9.17, 15) is 13.5 Å². The Morgan fingerprint density at radius 2 is 2.00 bits per heavy atom. The van der Waals surface area contributed by atoms with Crippen LogP contribution >= 0.6 is 11.3 Å². The molecule has 1 heterocycles. The predicted octanol–water partition coefficient (Wildman–Crippen LogP) is 1.68. The number of nitrogens with zero attached hydrogens (tertiary/aromatic N) is 1. The van der Waals surface area contributed by atoms with Gasteiger partial charge in [-0.1, -0.05) is 12.1 Å². The molecule has 2 aromatic rings. The number of benzene rings is 1. The Bertz CT molecular complexity index is 693. The van der Waals surface area contributed by atoms with Gasteiger partial charge in [0.05, 0.1) is 11.0 Å². The molecule has 7 heteroatoms. The molecular formula is C14H18N2O3S2. The van der Waals surface area contributed by atoms with Gasteiger partial charge in [-0.15, -0.1) is 11.3 Å². The molecule has 1 aromatic heterocycles. The van der Waals surface area contributed by atoms with E-state index in [-0.39, 0.29) is 4.90 Å². The van der Waals surface area contributed by atoms with E-state index in [1.807, 2.05) is 12.3 Å². The van der Waals surface area contributed by atoms with Crippen LogP contribution in [0.15, 0.2) is 34.5 Å². The van der Waals surface area contributed by atoms with Crippen molar-refractivity contribution < 1.29 is 13.5 Å². The molecule has 0 bridgehead atoms. The van der Waals surface area contributed by atoms with Gasteiger partial charge in [0.1, 0.15) is 5.01 Å². The minimum Gasteiger partial charge on any atom is -0.387 e. The van der Waals surface area contributed by atoms with Crippen molar-refractivity contribution in [2.75, 3.05) is 12.8 Å². The number of aliphatic hydroxyl groups excluding tert-OH is 1. The number of aryl methyl sites for hydroxylation is 1. The lowest BCUT2D eigenvalue weighted by Gasteiger charge is -2.12. The fourth-order valence-electron chi connectivity index (χ4n) is 1.85. The quantitative estimate of drug-likeness (QED) is 0.844. The molecule has 0 saturated carbocycles. The summed E-state index contributed by atoms with van der Waals surface area (Å²) in [5.41, 5.74) is 1.68. The average molecular weight is 326 g/mol. The number of aliphatic hydroxyl groups is 1. The second kappa shape index (κ2) is 6.65. The van der Waals surface area contributed by atoms with Gasteiger partial charge in [-0.25, -0.2) is 13.4 Å². The molecule has 1 aromatic carbocycles. The zero-order valence-corrected chi connectivity index (χ0v) is 13.5. The Kier molecular flexibility index (Phi) is 5.10. The second-order valence-electron chi connectivity index (χ2n) is 4.87. The van der Waals surface area contributed by atoms with Crippen LogP contribution in [0.25, 0.3) is 0 Å². The van der Waals surface area contributed by atoms with Gasteiger partial charge in [-0.2, -0.15) is 0 Å². The molecular weight excluding hydrogens is 308 g/mol. The molecule has 114 valence electrons. The van der Waals surface area contributed by atoms with Gasteiger partial charge in [-0.05, 0) is 24.6 Å². The van der Waals surface area contributed by atoms with E-state index in [1.165, 1.54) is 12.1 Å². The third kappa shape index (κ3) is 4.60. The van der Waals surface area contributed by atoms with E-state index < -0.39 is 15.9 Å². The highest BCUT2D eigenvalue weighted by atomic mass is 32.2. The Hall–Kier alpha value is -1.28. The molecule has 0 aliphatic carbocycles. The summed E-state index contributed by atoms with van der Waals surface area (Å²) in [6, 6.07) is 6.29. The highest BCUT2D eigenvalue weighted by Crippen LogP contribution is 2.16. The smallest absolute Gasteiger partial charge is 0.175 e. The van der Waals surface area contributed by atoms with Crippen molar-refractivity contribution in [3.8, 4) is 0 Å². The molecule has 2 N–H and O–H groups in total. The second-order valence-corrected chi connectivity index (χ2v) is 7.83. The summed E-state index contributed by atoms with van der Waals surface area (Å²) in [7, 11) is -3.20. The first-order valence-corrected chi connectivity index (χ1v) is 9.23. The summed E-state index contributed by atoms with van der Waals surface area (Å²) >= 11 is 1.58. The minimum atomic E-state index is -3.20. The van der Waals surface area contributed by atoms with Crippen LogP contribution in [0.4, 0.5) is 0 Å². The van der Waals surface area contributed by atoms with Crippen molar-refractivity contribution in [2.24, 2.45) is 0 Å². The summed E-state index contributed by atoms with van der Waals surface area (Å²) in [4.78, 5) is 4.58. The highest BCUT2D eigenvalue weighted by Gasteiger charge is 2.10. The Morgan fingerprint density at radius 1 is 1.33 bits per heavy atom. The van der Waals surface area contributed by atoms with E-state index >= 15 is 0 Å². The Balaban J connectivity index is 1.89. The third-order valence-corrected chi connectivity index (χ3v) is 5.07. The molecule has 1 unspecified atom stereocenters. The maximum atomic E-state index is 11.4. The summed E-state index contributed by atoms with van der Waals surface area (Å²) in [6.07, 6.45) is 0.482. The molecule has 0 saturated heterocycles. The van der Waals surface area contributed by atoms with Crippen LogP contribution in [-0.2, 0) is 16.4 Å². The molecule has 0 amide bonds. The van der Waals surface area contributed by atoms with Crippen LogP contribution in [0, 0.1) is 6.92 Å². The summed E-state index contributed by atoms with van der Waals surface area (Å²) in [6.45, 7) is 2.94. The number of hydrogen-bond donors (Lipinski definition) is 2. The lowest BCUT2D eigenvalue weighted by Crippen LogP contribution is -2.21. The molecule has 1 atom stereocenters. The number of aromatic nitrogens is 1. The van der Waals surface area contributed by atoms with E-state index in [0.717, 1.165) is 17.0 Å². The van der Waals surface area contributed by atoms with Crippen molar-refractivity contribution in [2.45, 2.75) is 24.5 Å². The van der Waals surface area contributed by atoms with Crippen molar-refractivity contribution >= 4 is 21.2 Å². The lowest BCUT2D eigenvalue weighted by atomic mass is 10.1. The number of thiazole rings is 1. The molecule has 0 aliphatic rings. The molecule has 5 nitrogen and oxygen atoms in total. The van der Waals surface area contributed by atoms with Crippen LogP contribution in [0.1, 0.15) is 22.4 Å². The van der Waals surface area contributed by atoms with Crippen molar-refractivity contribution in [1.82, 2.24) is 10.3 Å². The monoisotopic (exact) mass is 326 g/mol. The van der Waals surface area contributed by atoms with Gasteiger partial charge >= 0.3 is 0 Å². The summed E-state index contributed by atoms with van der Waals surface area (Å²) < 4.78 is 22.7. The standard InChI is InChI=1S/C14H18N2O3S2/c1-10-9-20-14(16-10)8-15-7-13(17)11-3-5-12(6-4-11)21(2,18)19/h3-6,9,13,15,17H,7-8H2,1-2H3. The van der Waals surface area contributed by atoms with Crippen LogP contribution in [0.2, 0.25) is 0 Å². The first-order valence-electron chi connectivity index (χ1n) is 6.46. The highest BCUT2D eigenvalue weighted by molar-refractivity contribution is 7.90. The van der Waals surface area contributed by atoms with E-state index in [2.05, 4.69) is 10.3 Å². The topological polar surface area (TPSA) is 79.3 Å². The van der Waals surface area contributed by atoms with E-state index in [4.69, 9.17) is 0 Å². The first-order chi connectivity index (χ1) is 9.86. The maximum absolute atomic E-state index is 11.4. The van der Waals surface area contributed by atoms with Crippen LogP contribution in [-0.4, -0.2) is 31.3 Å². The van der Waals surface area contributed by atoms with Gasteiger partial charge in [0, 0.05) is 30.4 Å². The molecule has 0 aliphatic heterocycles. The van der Waals surface area contributed by atoms with Crippen molar-refractivity contribution in [3.63, 3.8) is 0 Å². The zero-order valence-electron chi connectivity index (χ0n) is 11.9. The van der Waals surface area contributed by atoms with Gasteiger partial charge in [0.25, 0.3) is 0 Å². The Morgan fingerprint density at radius 3 is 2.52 bits per heavy atom. The first kappa shape index (κ1) is 16.1. The normalized spacial score (nSPS) is 13.3. The van der Waals surface area contributed by atoms with Gasteiger partial charge < -0.3 is 10.4 Å². The van der Waals surface area contributed by atoms with Crippen LogP contribution in [0.5, 0.6) is 0 Å². The van der Waals surface area contributed by atoms with E-state index in [0.29, 0.717) is 18.7 Å².